The molecule has 88 valence electrons. The molecule has 5 nitrogen and oxygen atoms in total. The van der Waals surface area contributed by atoms with Crippen LogP contribution < -0.4 is 5.32 Å². The van der Waals surface area contributed by atoms with Gasteiger partial charge in [-0.15, -0.1) is 0 Å². The van der Waals surface area contributed by atoms with Gasteiger partial charge in [-0.2, -0.15) is 5.10 Å². The number of aliphatic imine (C=N–C) groups is 1. The van der Waals surface area contributed by atoms with Gasteiger partial charge in [-0.1, -0.05) is 19.6 Å². The van der Waals surface area contributed by atoms with E-state index in [4.69, 9.17) is 0 Å². The molecule has 1 aromatic heterocycles. The first-order chi connectivity index (χ1) is 8.26. The van der Waals surface area contributed by atoms with Crippen molar-refractivity contribution in [2.75, 3.05) is 0 Å². The number of allylic oxidation sites excluding steroid dienone is 2. The van der Waals surface area contributed by atoms with E-state index in [1.807, 2.05) is 13.0 Å². The number of rotatable bonds is 4. The maximum absolute atomic E-state index is 11.4. The lowest BCUT2D eigenvalue weighted by molar-refractivity contribution is 0.0965. The summed E-state index contributed by atoms with van der Waals surface area (Å²) in [5.41, 5.74) is 2.26. The summed E-state index contributed by atoms with van der Waals surface area (Å²) in [6, 6.07) is 0. The quantitative estimate of drug-likeness (QED) is 0.798. The molecule has 5 heteroatoms. The third-order valence-corrected chi connectivity index (χ3v) is 2.44. The average molecular weight is 230 g/mol. The van der Waals surface area contributed by atoms with Crippen molar-refractivity contribution in [1.82, 2.24) is 15.1 Å². The number of aromatic nitrogens is 2. The molecule has 0 unspecified atom stereocenters. The number of amides is 1. The molecule has 1 aliphatic rings. The number of fused-ring (bicyclic) bond motifs is 1. The van der Waals surface area contributed by atoms with E-state index in [0.717, 1.165) is 17.8 Å². The van der Waals surface area contributed by atoms with Gasteiger partial charge >= 0.3 is 0 Å². The molecular weight excluding hydrogens is 216 g/mol. The van der Waals surface area contributed by atoms with Crippen LogP contribution in [0.1, 0.15) is 29.4 Å². The predicted octanol–water partition coefficient (Wildman–Crippen LogP) is 1.59. The maximum Gasteiger partial charge on any atom is 0.255 e. The lowest BCUT2D eigenvalue weighted by Crippen LogP contribution is -2.14. The number of nitrogens with zero attached hydrogens (tertiary/aromatic N) is 3. The Morgan fingerprint density at radius 1 is 1.76 bits per heavy atom. The third kappa shape index (κ3) is 2.18. The highest BCUT2D eigenvalue weighted by Gasteiger charge is 2.23. The number of nitrogens with one attached hydrogen (secondary N) is 1. The van der Waals surface area contributed by atoms with E-state index in [1.165, 1.54) is 6.20 Å². The Hall–Kier alpha value is -2.17. The zero-order valence-corrected chi connectivity index (χ0v) is 9.68. The van der Waals surface area contributed by atoms with Crippen molar-refractivity contribution in [3.8, 4) is 0 Å². The molecule has 1 aromatic rings. The molecule has 0 aromatic carbocycles. The minimum Gasteiger partial charge on any atom is -0.346 e. The highest BCUT2D eigenvalue weighted by Crippen LogP contribution is 2.15. The molecule has 2 heterocycles. The molecule has 0 atom stereocenters. The molecule has 1 aliphatic heterocycles. The van der Waals surface area contributed by atoms with Crippen molar-refractivity contribution in [1.29, 1.82) is 0 Å². The average Bonchev–Trinajstić information content (AvgIpc) is 2.87. The molecule has 17 heavy (non-hydrogen) atoms. The molecule has 0 aliphatic carbocycles. The van der Waals surface area contributed by atoms with Crippen LogP contribution in [0.25, 0.3) is 5.70 Å². The number of carbonyl (C=O) groups excluding carboxylic acids is 1. The molecule has 0 radical (unpaired) electrons. The number of hydrogen-bond donors (Lipinski definition) is 1. The van der Waals surface area contributed by atoms with E-state index in [0.29, 0.717) is 12.1 Å². The van der Waals surface area contributed by atoms with E-state index in [1.54, 1.807) is 17.1 Å². The standard InChI is InChI=1S/C12H14N4O/c1-3-5-9(6-13-4-2)16-8-10-11(15-16)7-14-12(10)17/h4-6,8H,2-3,7H2,1H3,(H,14,17)/b9-5+,13-6?. The SMILES string of the molecule is C=CN=C/C(=C\CC)n1cc2c(n1)CNC2=O. The first-order valence-electron chi connectivity index (χ1n) is 5.47. The van der Waals surface area contributed by atoms with E-state index in [9.17, 15) is 4.79 Å². The predicted molar refractivity (Wildman–Crippen MR) is 66.7 cm³/mol. The minimum absolute atomic E-state index is 0.0669. The second-order valence-electron chi connectivity index (χ2n) is 3.61. The van der Waals surface area contributed by atoms with Gasteiger partial charge in [0.1, 0.15) is 0 Å². The molecule has 0 spiro atoms. The zero-order valence-electron chi connectivity index (χ0n) is 9.68. The van der Waals surface area contributed by atoms with Crippen LogP contribution in [-0.2, 0) is 6.54 Å². The van der Waals surface area contributed by atoms with E-state index in [2.05, 4.69) is 22.0 Å². The first kappa shape index (κ1) is 11.3. The fraction of sp³-hybridized carbons (Fsp3) is 0.250. The van der Waals surface area contributed by atoms with Gasteiger partial charge in [0.25, 0.3) is 5.91 Å². The van der Waals surface area contributed by atoms with Crippen molar-refractivity contribution in [2.45, 2.75) is 19.9 Å². The smallest absolute Gasteiger partial charge is 0.255 e. The van der Waals surface area contributed by atoms with Gasteiger partial charge in [0.15, 0.2) is 0 Å². The fourth-order valence-corrected chi connectivity index (χ4v) is 1.66. The van der Waals surface area contributed by atoms with Crippen LogP contribution in [0.4, 0.5) is 0 Å². The number of hydrogen-bond acceptors (Lipinski definition) is 3. The van der Waals surface area contributed by atoms with Crippen LogP contribution in [0.3, 0.4) is 0 Å². The van der Waals surface area contributed by atoms with Crippen LogP contribution in [-0.4, -0.2) is 21.9 Å². The molecule has 1 N–H and O–H groups in total. The summed E-state index contributed by atoms with van der Waals surface area (Å²) >= 11 is 0. The van der Waals surface area contributed by atoms with E-state index >= 15 is 0 Å². The Morgan fingerprint density at radius 3 is 3.24 bits per heavy atom. The Kier molecular flexibility index (Phi) is 3.18. The van der Waals surface area contributed by atoms with Gasteiger partial charge in [0.2, 0.25) is 0 Å². The lowest BCUT2D eigenvalue weighted by atomic mass is 10.3. The van der Waals surface area contributed by atoms with Gasteiger partial charge < -0.3 is 5.32 Å². The van der Waals surface area contributed by atoms with Gasteiger partial charge in [0, 0.05) is 12.4 Å². The van der Waals surface area contributed by atoms with Crippen LogP contribution in [0, 0.1) is 0 Å². The highest BCUT2D eigenvalue weighted by atomic mass is 16.2. The first-order valence-corrected chi connectivity index (χ1v) is 5.47. The van der Waals surface area contributed by atoms with Crippen LogP contribution in [0.2, 0.25) is 0 Å². The van der Waals surface area contributed by atoms with Crippen LogP contribution in [0.5, 0.6) is 0 Å². The minimum atomic E-state index is -0.0669. The lowest BCUT2D eigenvalue weighted by Gasteiger charge is -2.01. The van der Waals surface area contributed by atoms with Crippen molar-refractivity contribution in [3.63, 3.8) is 0 Å². The summed E-state index contributed by atoms with van der Waals surface area (Å²) in [5.74, 6) is -0.0669. The second kappa shape index (κ2) is 4.78. The largest absolute Gasteiger partial charge is 0.346 e. The van der Waals surface area contributed by atoms with Crippen molar-refractivity contribution in [3.05, 3.63) is 36.3 Å². The van der Waals surface area contributed by atoms with Gasteiger partial charge in [-0.25, -0.2) is 4.68 Å². The molecule has 2 rings (SSSR count). The fourth-order valence-electron chi connectivity index (χ4n) is 1.66. The van der Waals surface area contributed by atoms with E-state index in [-0.39, 0.29) is 5.91 Å². The third-order valence-electron chi connectivity index (χ3n) is 2.44. The molecule has 0 bridgehead atoms. The number of carbonyl (C=O) groups is 1. The maximum atomic E-state index is 11.4. The molecule has 1 amide bonds. The van der Waals surface area contributed by atoms with Crippen molar-refractivity contribution < 1.29 is 4.79 Å². The van der Waals surface area contributed by atoms with Crippen molar-refractivity contribution >= 4 is 17.8 Å². The normalized spacial score (nSPS) is 15.1. The highest BCUT2D eigenvalue weighted by molar-refractivity contribution is 6.03. The van der Waals surface area contributed by atoms with Crippen LogP contribution in [0.15, 0.2) is 30.0 Å². The molecule has 0 saturated carbocycles. The summed E-state index contributed by atoms with van der Waals surface area (Å²) in [6.45, 7) is 6.06. The van der Waals surface area contributed by atoms with E-state index < -0.39 is 0 Å². The monoisotopic (exact) mass is 230 g/mol. The molecular formula is C12H14N4O. The Labute approximate surface area is 99.5 Å². The summed E-state index contributed by atoms with van der Waals surface area (Å²) in [6.07, 6.45) is 7.74. The summed E-state index contributed by atoms with van der Waals surface area (Å²) in [7, 11) is 0. The Balaban J connectivity index is 2.35. The summed E-state index contributed by atoms with van der Waals surface area (Å²) < 4.78 is 1.68. The zero-order chi connectivity index (χ0) is 12.3. The Bertz CT molecular complexity index is 511. The summed E-state index contributed by atoms with van der Waals surface area (Å²) in [5, 5.41) is 7.07. The van der Waals surface area contributed by atoms with Gasteiger partial charge in [-0.3, -0.25) is 9.79 Å². The summed E-state index contributed by atoms with van der Waals surface area (Å²) in [4.78, 5) is 15.4. The Morgan fingerprint density at radius 2 is 2.59 bits per heavy atom. The van der Waals surface area contributed by atoms with Gasteiger partial charge in [0.05, 0.1) is 29.7 Å². The molecule has 0 fully saturated rings. The van der Waals surface area contributed by atoms with Crippen molar-refractivity contribution in [2.24, 2.45) is 4.99 Å². The topological polar surface area (TPSA) is 59.3 Å². The van der Waals surface area contributed by atoms with Crippen LogP contribution >= 0.6 is 0 Å². The van der Waals surface area contributed by atoms with Gasteiger partial charge in [-0.05, 0) is 6.42 Å². The second-order valence-corrected chi connectivity index (χ2v) is 3.61. The molecule has 0 saturated heterocycles.